The van der Waals surface area contributed by atoms with Gasteiger partial charge in [0, 0.05) is 15.7 Å². The van der Waals surface area contributed by atoms with Gasteiger partial charge in [-0.25, -0.2) is 0 Å². The van der Waals surface area contributed by atoms with Crippen molar-refractivity contribution in [2.24, 2.45) is 0 Å². The first kappa shape index (κ1) is 19.1. The third kappa shape index (κ3) is 6.51. The van der Waals surface area contributed by atoms with Crippen LogP contribution in [0.15, 0.2) is 83.3 Å². The molecule has 136 valence electrons. The molecule has 4 nitrogen and oxygen atoms in total. The lowest BCUT2D eigenvalue weighted by Crippen LogP contribution is -2.82. The van der Waals surface area contributed by atoms with Crippen LogP contribution in [0, 0.1) is 0 Å². The summed E-state index contributed by atoms with van der Waals surface area (Å²) >= 11 is 8.66. The van der Waals surface area contributed by atoms with Crippen LogP contribution in [0.3, 0.4) is 0 Å². The van der Waals surface area contributed by atoms with Crippen LogP contribution < -0.4 is 20.6 Å². The zero-order valence-corrected chi connectivity index (χ0v) is 16.9. The van der Waals surface area contributed by atoms with E-state index in [4.69, 9.17) is 17.0 Å². The van der Waals surface area contributed by atoms with E-state index in [1.807, 2.05) is 85.1 Å². The number of nitrogens with one attached hydrogen (secondary N) is 3. The largest absolute Gasteiger partial charge is 0.489 e. The van der Waals surface area contributed by atoms with Crippen LogP contribution in [0.2, 0.25) is 0 Å². The van der Waals surface area contributed by atoms with Crippen molar-refractivity contribution in [3.63, 3.8) is 0 Å². The molecule has 3 N–H and O–H groups in total. The number of para-hydroxylation sites is 1. The Balaban J connectivity index is 1.46. The van der Waals surface area contributed by atoms with Crippen LogP contribution in [-0.4, -0.2) is 11.3 Å². The van der Waals surface area contributed by atoms with Crippen molar-refractivity contribution < 1.29 is 9.84 Å². The molecule has 0 aliphatic carbocycles. The number of hydrazine groups is 1. The lowest BCUT2D eigenvalue weighted by Gasteiger charge is -2.06. The highest BCUT2D eigenvalue weighted by Crippen LogP contribution is 2.15. The minimum absolute atomic E-state index is 0.493. The molecule has 0 atom stereocenters. The maximum Gasteiger partial charge on any atom is 0.228 e. The maximum absolute atomic E-state index is 5.80. The van der Waals surface area contributed by atoms with Crippen molar-refractivity contribution in [1.82, 2.24) is 5.43 Å². The van der Waals surface area contributed by atoms with Crippen LogP contribution in [0.5, 0.6) is 5.75 Å². The summed E-state index contributed by atoms with van der Waals surface area (Å²) < 4.78 is 6.86. The molecule has 0 spiro atoms. The average molecular weight is 441 g/mol. The van der Waals surface area contributed by atoms with Crippen molar-refractivity contribution in [3.05, 3.63) is 94.5 Å². The van der Waals surface area contributed by atoms with Gasteiger partial charge in [0.1, 0.15) is 12.4 Å². The maximum atomic E-state index is 5.80. The number of ether oxygens (including phenoxy) is 1. The fourth-order valence-corrected chi connectivity index (χ4v) is 2.72. The van der Waals surface area contributed by atoms with E-state index in [0.717, 1.165) is 27.0 Å². The summed E-state index contributed by atoms with van der Waals surface area (Å²) in [7, 11) is 0. The predicted molar refractivity (Wildman–Crippen MR) is 117 cm³/mol. The second-order valence-corrected chi connectivity index (χ2v) is 7.04. The molecule has 0 unspecified atom stereocenters. The van der Waals surface area contributed by atoms with Gasteiger partial charge >= 0.3 is 0 Å². The van der Waals surface area contributed by atoms with Gasteiger partial charge in [-0.05, 0) is 66.3 Å². The Kier molecular flexibility index (Phi) is 6.96. The van der Waals surface area contributed by atoms with Crippen LogP contribution in [0.1, 0.15) is 11.1 Å². The van der Waals surface area contributed by atoms with Crippen LogP contribution in [0.4, 0.5) is 5.69 Å². The predicted octanol–water partition coefficient (Wildman–Crippen LogP) is 3.43. The molecular formula is C21H19BrN3OS+. The van der Waals surface area contributed by atoms with E-state index in [1.54, 1.807) is 0 Å². The Labute approximate surface area is 172 Å². The lowest BCUT2D eigenvalue weighted by atomic mass is 10.2. The minimum atomic E-state index is 0.493. The summed E-state index contributed by atoms with van der Waals surface area (Å²) in [6.07, 6.45) is 1.83. The molecule has 0 fully saturated rings. The molecular weight excluding hydrogens is 422 g/mol. The molecule has 0 bridgehead atoms. The van der Waals surface area contributed by atoms with Gasteiger partial charge in [-0.3, -0.25) is 0 Å². The first-order valence-corrected chi connectivity index (χ1v) is 9.57. The number of hydrazone groups is 1. The van der Waals surface area contributed by atoms with Crippen LogP contribution in [-0.2, 0) is 6.61 Å². The normalized spacial score (nSPS) is 10.6. The molecule has 0 heterocycles. The minimum Gasteiger partial charge on any atom is -0.489 e. The summed E-state index contributed by atoms with van der Waals surface area (Å²) in [5, 5.41) is 6.56. The molecule has 0 saturated heterocycles. The highest BCUT2D eigenvalue weighted by Gasteiger charge is 2.00. The Bertz CT molecular complexity index is 897. The van der Waals surface area contributed by atoms with Gasteiger partial charge < -0.3 is 10.1 Å². The zero-order valence-electron chi connectivity index (χ0n) is 14.5. The van der Waals surface area contributed by atoms with Gasteiger partial charge in [-0.15, -0.1) is 10.5 Å². The first-order valence-electron chi connectivity index (χ1n) is 8.37. The molecule has 3 aromatic rings. The molecule has 3 aromatic carbocycles. The molecule has 0 aliphatic heterocycles. The highest BCUT2D eigenvalue weighted by atomic mass is 79.9. The summed E-state index contributed by atoms with van der Waals surface area (Å²) in [6.45, 7) is 0.537. The first-order chi connectivity index (χ1) is 13.2. The summed E-state index contributed by atoms with van der Waals surface area (Å²) in [6, 6.07) is 25.7. The van der Waals surface area contributed by atoms with Gasteiger partial charge in [-0.2, -0.15) is 0 Å². The number of hydrogen-bond donors (Lipinski definition) is 3. The van der Waals surface area contributed by atoms with E-state index in [2.05, 4.69) is 31.8 Å². The van der Waals surface area contributed by atoms with E-state index in [1.165, 1.54) is 0 Å². The van der Waals surface area contributed by atoms with E-state index >= 15 is 0 Å². The van der Waals surface area contributed by atoms with Crippen molar-refractivity contribution in [1.29, 1.82) is 0 Å². The van der Waals surface area contributed by atoms with Gasteiger partial charge in [-0.1, -0.05) is 46.3 Å². The molecule has 3 rings (SSSR count). The lowest BCUT2D eigenvalue weighted by molar-refractivity contribution is -0.499. The monoisotopic (exact) mass is 440 g/mol. The second kappa shape index (κ2) is 9.85. The standard InChI is InChI=1S/C21H18BrN3OS/c22-18-10-6-17(7-11-18)15-26-20-12-8-16(9-13-20)14-23-25-21(27)24-19-4-2-1-3-5-19/h1-14H,15H2,(H2,24,25,27)/p+1. The number of halogens is 1. The highest BCUT2D eigenvalue weighted by molar-refractivity contribution is 9.10. The molecule has 0 aromatic heterocycles. The fourth-order valence-electron chi connectivity index (χ4n) is 2.28. The van der Waals surface area contributed by atoms with Crippen LogP contribution in [0.25, 0.3) is 0 Å². The number of hydrogen-bond acceptors (Lipinski definition) is 2. The van der Waals surface area contributed by atoms with Gasteiger partial charge in [0.15, 0.2) is 6.21 Å². The number of benzene rings is 3. The topological polar surface area (TPSA) is 47.3 Å². The van der Waals surface area contributed by atoms with Gasteiger partial charge in [0.25, 0.3) is 0 Å². The Morgan fingerprint density at radius 1 is 0.963 bits per heavy atom. The smallest absolute Gasteiger partial charge is 0.228 e. The fraction of sp³-hybridized carbons (Fsp3) is 0.0476. The van der Waals surface area contributed by atoms with E-state index in [0.29, 0.717) is 11.7 Å². The van der Waals surface area contributed by atoms with E-state index < -0.39 is 0 Å². The molecule has 0 amide bonds. The van der Waals surface area contributed by atoms with Crippen molar-refractivity contribution in [2.45, 2.75) is 6.61 Å². The quantitative estimate of drug-likeness (QED) is 0.312. The van der Waals surface area contributed by atoms with Crippen molar-refractivity contribution in [3.8, 4) is 5.75 Å². The Hall–Kier alpha value is -2.70. The van der Waals surface area contributed by atoms with Gasteiger partial charge in [0.2, 0.25) is 5.11 Å². The molecule has 0 saturated carbocycles. The number of rotatable bonds is 6. The van der Waals surface area contributed by atoms with E-state index in [9.17, 15) is 0 Å². The molecule has 0 aliphatic rings. The summed E-state index contributed by atoms with van der Waals surface area (Å²) in [4.78, 5) is 0. The SMILES string of the molecule is S=C(N[NH+]=Cc1ccc(OCc2ccc(Br)cc2)cc1)Nc1ccccc1. The summed E-state index contributed by atoms with van der Waals surface area (Å²) in [5.74, 6) is 0.823. The molecule has 0 radical (unpaired) electrons. The van der Waals surface area contributed by atoms with Crippen molar-refractivity contribution in [2.75, 3.05) is 5.32 Å². The van der Waals surface area contributed by atoms with Gasteiger partial charge in [0.05, 0.1) is 0 Å². The third-order valence-corrected chi connectivity index (χ3v) is 4.39. The average Bonchev–Trinajstić information content (AvgIpc) is 2.69. The zero-order chi connectivity index (χ0) is 18.9. The van der Waals surface area contributed by atoms with E-state index in [-0.39, 0.29) is 0 Å². The Morgan fingerprint density at radius 3 is 2.37 bits per heavy atom. The van der Waals surface area contributed by atoms with Crippen molar-refractivity contribution >= 4 is 45.2 Å². The summed E-state index contributed by atoms with van der Waals surface area (Å²) in [5.41, 5.74) is 5.98. The molecule has 6 heteroatoms. The second-order valence-electron chi connectivity index (χ2n) is 5.72. The third-order valence-electron chi connectivity index (χ3n) is 3.66. The van der Waals surface area contributed by atoms with Crippen LogP contribution >= 0.6 is 28.1 Å². The number of anilines is 1. The number of thiocarbonyl (C=S) groups is 1. The Morgan fingerprint density at radius 2 is 1.67 bits per heavy atom. The molecule has 27 heavy (non-hydrogen) atoms.